The van der Waals surface area contributed by atoms with E-state index < -0.39 is 5.92 Å². The van der Waals surface area contributed by atoms with E-state index in [1.54, 1.807) is 28.8 Å². The fraction of sp³-hybridized carbons (Fsp3) is 0.556. The van der Waals surface area contributed by atoms with Gasteiger partial charge >= 0.3 is 0 Å². The molecule has 1 amide bonds. The maximum absolute atomic E-state index is 13.6. The molecule has 0 atom stereocenters. The SMILES string of the molecule is CCSc1cc(C)c(C(=O)Nc2ccc(Cl)c(N3CCC(F)(F)CC3)n2)c(N2CCC3(CC2)CC3)c1. The molecule has 36 heavy (non-hydrogen) atoms. The van der Waals surface area contributed by atoms with Crippen molar-refractivity contribution in [2.45, 2.75) is 63.2 Å². The zero-order valence-corrected chi connectivity index (χ0v) is 22.5. The Bertz CT molecular complexity index is 1140. The van der Waals surface area contributed by atoms with Crippen LogP contribution >= 0.6 is 23.4 Å². The van der Waals surface area contributed by atoms with Crippen molar-refractivity contribution >= 4 is 46.6 Å². The van der Waals surface area contributed by atoms with Gasteiger partial charge in [0.2, 0.25) is 0 Å². The van der Waals surface area contributed by atoms with Crippen molar-refractivity contribution in [2.24, 2.45) is 5.41 Å². The number of hydrogen-bond donors (Lipinski definition) is 1. The van der Waals surface area contributed by atoms with Gasteiger partial charge in [0.15, 0.2) is 0 Å². The van der Waals surface area contributed by atoms with E-state index in [2.05, 4.69) is 34.3 Å². The maximum atomic E-state index is 13.6. The molecule has 3 heterocycles. The number of amides is 1. The fourth-order valence-electron chi connectivity index (χ4n) is 5.38. The molecule has 194 valence electrons. The molecular formula is C27H33ClF2N4OS. The highest BCUT2D eigenvalue weighted by Gasteiger charge is 2.44. The quantitative estimate of drug-likeness (QED) is 0.403. The molecule has 3 fully saturated rings. The number of pyridine rings is 1. The minimum absolute atomic E-state index is 0.174. The first-order valence-corrected chi connectivity index (χ1v) is 14.2. The van der Waals surface area contributed by atoms with E-state index in [0.717, 1.165) is 30.1 Å². The van der Waals surface area contributed by atoms with Gasteiger partial charge in [0.05, 0.1) is 16.3 Å². The standard InChI is InChI=1S/C27H33ClF2N4OS/c1-3-36-19-16-18(2)23(21(17-19)33-12-8-26(6-7-26)9-13-33)25(35)32-22-5-4-20(28)24(31-22)34-14-10-27(29,30)11-15-34/h4-5,16-17H,3,6-15H2,1-2H3,(H,31,32,35). The molecule has 1 aromatic carbocycles. The Kier molecular flexibility index (Phi) is 7.11. The summed E-state index contributed by atoms with van der Waals surface area (Å²) in [5, 5.41) is 3.35. The molecule has 2 saturated heterocycles. The van der Waals surface area contributed by atoms with Crippen LogP contribution in [-0.2, 0) is 0 Å². The van der Waals surface area contributed by atoms with E-state index in [4.69, 9.17) is 11.6 Å². The number of aryl methyl sites for hydroxylation is 1. The number of aromatic nitrogens is 1. The molecule has 1 spiro atoms. The summed E-state index contributed by atoms with van der Waals surface area (Å²) in [6, 6.07) is 7.56. The summed E-state index contributed by atoms with van der Waals surface area (Å²) in [5.41, 5.74) is 3.12. The Morgan fingerprint density at radius 2 is 1.72 bits per heavy atom. The lowest BCUT2D eigenvalue weighted by Gasteiger charge is -2.35. The van der Waals surface area contributed by atoms with Gasteiger partial charge in [-0.25, -0.2) is 13.8 Å². The van der Waals surface area contributed by atoms with Gasteiger partial charge in [-0.05, 0) is 73.6 Å². The number of carbonyl (C=O) groups excluding carboxylic acids is 1. The van der Waals surface area contributed by atoms with E-state index in [9.17, 15) is 13.6 Å². The molecule has 5 nitrogen and oxygen atoms in total. The summed E-state index contributed by atoms with van der Waals surface area (Å²) < 4.78 is 27.3. The lowest BCUT2D eigenvalue weighted by molar-refractivity contribution is -0.0221. The third-order valence-electron chi connectivity index (χ3n) is 7.81. The van der Waals surface area contributed by atoms with Crippen LogP contribution in [0.2, 0.25) is 5.02 Å². The molecule has 0 radical (unpaired) electrons. The zero-order chi connectivity index (χ0) is 25.5. The van der Waals surface area contributed by atoms with Crippen molar-refractivity contribution in [1.29, 1.82) is 0 Å². The number of nitrogens with one attached hydrogen (secondary N) is 1. The van der Waals surface area contributed by atoms with Gasteiger partial charge in [0.25, 0.3) is 11.8 Å². The van der Waals surface area contributed by atoms with E-state index in [1.165, 1.54) is 30.6 Å². The third kappa shape index (κ3) is 5.44. The number of halogens is 3. The Labute approximate surface area is 221 Å². The van der Waals surface area contributed by atoms with Crippen molar-refractivity contribution in [3.63, 3.8) is 0 Å². The van der Waals surface area contributed by atoms with Gasteiger partial charge in [-0.1, -0.05) is 18.5 Å². The van der Waals surface area contributed by atoms with Crippen LogP contribution in [0.25, 0.3) is 0 Å². The third-order valence-corrected chi connectivity index (χ3v) is 8.96. The average Bonchev–Trinajstić information content (AvgIpc) is 3.59. The van der Waals surface area contributed by atoms with Crippen LogP contribution in [0.15, 0.2) is 29.2 Å². The average molecular weight is 535 g/mol. The van der Waals surface area contributed by atoms with Crippen molar-refractivity contribution in [2.75, 3.05) is 47.0 Å². The number of hydrogen-bond acceptors (Lipinski definition) is 5. The summed E-state index contributed by atoms with van der Waals surface area (Å²) in [6.07, 6.45) is 4.55. The van der Waals surface area contributed by atoms with E-state index in [-0.39, 0.29) is 31.8 Å². The monoisotopic (exact) mass is 534 g/mol. The molecule has 0 bridgehead atoms. The van der Waals surface area contributed by atoms with Crippen LogP contribution in [0.5, 0.6) is 0 Å². The van der Waals surface area contributed by atoms with Gasteiger partial charge in [-0.15, -0.1) is 11.8 Å². The molecule has 1 saturated carbocycles. The predicted molar refractivity (Wildman–Crippen MR) is 144 cm³/mol. The van der Waals surface area contributed by atoms with Gasteiger partial charge in [0, 0.05) is 43.9 Å². The Hall–Kier alpha value is -2.06. The smallest absolute Gasteiger partial charge is 0.259 e. The van der Waals surface area contributed by atoms with Crippen LogP contribution in [0.3, 0.4) is 0 Å². The highest BCUT2D eigenvalue weighted by Crippen LogP contribution is 2.54. The van der Waals surface area contributed by atoms with E-state index in [1.807, 2.05) is 6.92 Å². The molecule has 2 aromatic rings. The number of rotatable bonds is 6. The lowest BCUT2D eigenvalue weighted by atomic mass is 9.92. The van der Waals surface area contributed by atoms with Crippen molar-refractivity contribution in [1.82, 2.24) is 4.98 Å². The molecule has 3 aliphatic rings. The number of thioether (sulfide) groups is 1. The van der Waals surface area contributed by atoms with E-state index in [0.29, 0.717) is 27.6 Å². The number of anilines is 3. The van der Waals surface area contributed by atoms with Crippen LogP contribution in [0.1, 0.15) is 61.4 Å². The van der Waals surface area contributed by atoms with Crippen LogP contribution in [-0.4, -0.2) is 48.7 Å². The molecule has 2 aliphatic heterocycles. The summed E-state index contributed by atoms with van der Waals surface area (Å²) in [6.45, 7) is 6.39. The topological polar surface area (TPSA) is 48.5 Å². The molecule has 5 rings (SSSR count). The Morgan fingerprint density at radius 3 is 2.36 bits per heavy atom. The van der Waals surface area contributed by atoms with Crippen molar-refractivity contribution in [3.8, 4) is 0 Å². The second-order valence-corrected chi connectivity index (χ2v) is 12.1. The van der Waals surface area contributed by atoms with E-state index >= 15 is 0 Å². The fourth-order valence-corrected chi connectivity index (χ4v) is 6.39. The second kappa shape index (κ2) is 10.0. The largest absolute Gasteiger partial charge is 0.371 e. The van der Waals surface area contributed by atoms with Gasteiger partial charge in [0.1, 0.15) is 11.6 Å². The zero-order valence-electron chi connectivity index (χ0n) is 20.9. The number of piperidine rings is 2. The first-order valence-electron chi connectivity index (χ1n) is 12.8. The molecule has 1 aromatic heterocycles. The second-order valence-electron chi connectivity index (χ2n) is 10.4. The lowest BCUT2D eigenvalue weighted by Crippen LogP contribution is -2.40. The number of nitrogens with zero attached hydrogens (tertiary/aromatic N) is 3. The first-order chi connectivity index (χ1) is 17.2. The van der Waals surface area contributed by atoms with Gasteiger partial charge in [-0.2, -0.15) is 0 Å². The van der Waals surface area contributed by atoms with Crippen LogP contribution in [0.4, 0.5) is 26.1 Å². The number of benzene rings is 1. The normalized spacial score (nSPS) is 20.5. The number of alkyl halides is 2. The summed E-state index contributed by atoms with van der Waals surface area (Å²) >= 11 is 8.15. The Morgan fingerprint density at radius 1 is 1.06 bits per heavy atom. The van der Waals surface area contributed by atoms with Crippen LogP contribution < -0.4 is 15.1 Å². The van der Waals surface area contributed by atoms with Gasteiger partial charge < -0.3 is 15.1 Å². The van der Waals surface area contributed by atoms with Crippen molar-refractivity contribution in [3.05, 3.63) is 40.4 Å². The maximum Gasteiger partial charge on any atom is 0.259 e. The van der Waals surface area contributed by atoms with Gasteiger partial charge in [-0.3, -0.25) is 4.79 Å². The summed E-state index contributed by atoms with van der Waals surface area (Å²) in [7, 11) is 0. The molecule has 1 aliphatic carbocycles. The minimum Gasteiger partial charge on any atom is -0.371 e. The minimum atomic E-state index is -2.65. The highest BCUT2D eigenvalue weighted by molar-refractivity contribution is 7.99. The molecule has 1 N–H and O–H groups in total. The highest BCUT2D eigenvalue weighted by atomic mass is 35.5. The molecule has 9 heteroatoms. The first kappa shape index (κ1) is 25.6. The van der Waals surface area contributed by atoms with Crippen molar-refractivity contribution < 1.29 is 13.6 Å². The Balaban J connectivity index is 1.39. The summed E-state index contributed by atoms with van der Waals surface area (Å²) in [4.78, 5) is 23.5. The summed E-state index contributed by atoms with van der Waals surface area (Å²) in [5.74, 6) is -1.10. The van der Waals surface area contributed by atoms with Crippen LogP contribution in [0, 0.1) is 12.3 Å². The number of carbonyl (C=O) groups is 1. The molecule has 0 unspecified atom stereocenters. The molecular weight excluding hydrogens is 502 g/mol. The predicted octanol–water partition coefficient (Wildman–Crippen LogP) is 7.02.